The van der Waals surface area contributed by atoms with Crippen LogP contribution in [0.15, 0.2) is 35.0 Å². The SMILES string of the molecule is Cc1ccnc(NC(=O)Cc2noc3cc(C)cc(C)c23)c1. The topological polar surface area (TPSA) is 68.0 Å². The molecule has 0 aliphatic rings. The van der Waals surface area contributed by atoms with E-state index in [1.165, 1.54) is 0 Å². The van der Waals surface area contributed by atoms with Crippen LogP contribution in [0, 0.1) is 20.8 Å². The normalized spacial score (nSPS) is 10.9. The molecule has 2 aromatic heterocycles. The summed E-state index contributed by atoms with van der Waals surface area (Å²) in [7, 11) is 0. The van der Waals surface area contributed by atoms with Gasteiger partial charge in [-0.25, -0.2) is 4.98 Å². The summed E-state index contributed by atoms with van der Waals surface area (Å²) in [5, 5.41) is 7.74. The zero-order chi connectivity index (χ0) is 15.7. The third-order valence-corrected chi connectivity index (χ3v) is 3.50. The van der Waals surface area contributed by atoms with E-state index in [9.17, 15) is 4.79 Å². The Morgan fingerprint density at radius 1 is 1.18 bits per heavy atom. The van der Waals surface area contributed by atoms with Gasteiger partial charge in [0.2, 0.25) is 5.91 Å². The molecule has 0 bridgehead atoms. The van der Waals surface area contributed by atoms with E-state index in [0.717, 1.165) is 22.1 Å². The molecule has 22 heavy (non-hydrogen) atoms. The Morgan fingerprint density at radius 3 is 2.77 bits per heavy atom. The van der Waals surface area contributed by atoms with Crippen molar-refractivity contribution in [2.45, 2.75) is 27.2 Å². The lowest BCUT2D eigenvalue weighted by Crippen LogP contribution is -2.15. The Balaban J connectivity index is 1.83. The number of carbonyl (C=O) groups excluding carboxylic acids is 1. The maximum atomic E-state index is 12.2. The minimum atomic E-state index is -0.159. The molecule has 0 atom stereocenters. The first-order valence-corrected chi connectivity index (χ1v) is 7.11. The van der Waals surface area contributed by atoms with E-state index in [1.807, 2.05) is 39.0 Å². The average Bonchev–Trinajstić information content (AvgIpc) is 2.81. The number of nitrogens with one attached hydrogen (secondary N) is 1. The van der Waals surface area contributed by atoms with Crippen molar-refractivity contribution in [3.63, 3.8) is 0 Å². The van der Waals surface area contributed by atoms with Crippen molar-refractivity contribution in [1.82, 2.24) is 10.1 Å². The summed E-state index contributed by atoms with van der Waals surface area (Å²) >= 11 is 0. The molecular formula is C17H17N3O2. The molecule has 5 heteroatoms. The van der Waals surface area contributed by atoms with Gasteiger partial charge in [0.1, 0.15) is 11.5 Å². The van der Waals surface area contributed by atoms with Crippen molar-refractivity contribution >= 4 is 22.7 Å². The number of hydrogen-bond acceptors (Lipinski definition) is 4. The summed E-state index contributed by atoms with van der Waals surface area (Å²) in [6, 6.07) is 7.70. The van der Waals surface area contributed by atoms with Crippen LogP contribution < -0.4 is 5.32 Å². The van der Waals surface area contributed by atoms with Crippen LogP contribution in [0.25, 0.3) is 11.0 Å². The number of rotatable bonds is 3. The monoisotopic (exact) mass is 295 g/mol. The summed E-state index contributed by atoms with van der Waals surface area (Å²) in [5.74, 6) is 0.388. The molecule has 0 unspecified atom stereocenters. The maximum Gasteiger partial charge on any atom is 0.231 e. The summed E-state index contributed by atoms with van der Waals surface area (Å²) < 4.78 is 5.34. The fourth-order valence-electron chi connectivity index (χ4n) is 2.58. The number of anilines is 1. The van der Waals surface area contributed by atoms with Crippen molar-refractivity contribution in [2.75, 3.05) is 5.32 Å². The Labute approximate surface area is 128 Å². The first-order valence-electron chi connectivity index (χ1n) is 7.11. The van der Waals surface area contributed by atoms with Crippen LogP contribution in [0.1, 0.15) is 22.4 Å². The number of amides is 1. The number of carbonyl (C=O) groups is 1. The third kappa shape index (κ3) is 2.83. The highest BCUT2D eigenvalue weighted by Gasteiger charge is 2.15. The fourth-order valence-corrected chi connectivity index (χ4v) is 2.58. The zero-order valence-electron chi connectivity index (χ0n) is 12.8. The van der Waals surface area contributed by atoms with Gasteiger partial charge in [0, 0.05) is 11.6 Å². The van der Waals surface area contributed by atoms with Gasteiger partial charge >= 0.3 is 0 Å². The molecule has 3 rings (SSSR count). The van der Waals surface area contributed by atoms with Gasteiger partial charge in [-0.05, 0) is 55.7 Å². The molecule has 112 valence electrons. The molecule has 1 aromatic carbocycles. The van der Waals surface area contributed by atoms with Crippen LogP contribution in [0.2, 0.25) is 0 Å². The van der Waals surface area contributed by atoms with E-state index < -0.39 is 0 Å². The Bertz CT molecular complexity index is 852. The van der Waals surface area contributed by atoms with Crippen molar-refractivity contribution in [2.24, 2.45) is 0 Å². The average molecular weight is 295 g/mol. The maximum absolute atomic E-state index is 12.2. The molecule has 0 saturated heterocycles. The van der Waals surface area contributed by atoms with Gasteiger partial charge in [-0.2, -0.15) is 0 Å². The lowest BCUT2D eigenvalue weighted by Gasteiger charge is -2.04. The lowest BCUT2D eigenvalue weighted by molar-refractivity contribution is -0.115. The number of aryl methyl sites for hydroxylation is 3. The first-order chi connectivity index (χ1) is 10.5. The Hall–Kier alpha value is -2.69. The van der Waals surface area contributed by atoms with Gasteiger partial charge in [0.05, 0.1) is 6.42 Å². The van der Waals surface area contributed by atoms with Gasteiger partial charge in [0.25, 0.3) is 0 Å². The summed E-state index contributed by atoms with van der Waals surface area (Å²) in [6.45, 7) is 5.95. The molecule has 0 aliphatic heterocycles. The number of aromatic nitrogens is 2. The quantitative estimate of drug-likeness (QED) is 0.804. The number of hydrogen-bond donors (Lipinski definition) is 1. The fraction of sp³-hybridized carbons (Fsp3) is 0.235. The largest absolute Gasteiger partial charge is 0.356 e. The molecule has 0 radical (unpaired) electrons. The molecule has 0 saturated carbocycles. The van der Waals surface area contributed by atoms with Crippen LogP contribution in [0.3, 0.4) is 0 Å². The standard InChI is InChI=1S/C17H17N3O2/c1-10-4-5-18-15(8-10)19-16(21)9-13-17-12(3)6-11(2)7-14(17)22-20-13/h4-8H,9H2,1-3H3,(H,18,19,21). The van der Waals surface area contributed by atoms with E-state index in [2.05, 4.69) is 21.5 Å². The minimum absolute atomic E-state index is 0.159. The Morgan fingerprint density at radius 2 is 2.00 bits per heavy atom. The molecule has 1 amide bonds. The van der Waals surface area contributed by atoms with Gasteiger partial charge in [-0.1, -0.05) is 11.2 Å². The molecule has 1 N–H and O–H groups in total. The number of pyridine rings is 1. The summed E-state index contributed by atoms with van der Waals surface area (Å²) in [6.07, 6.45) is 1.83. The van der Waals surface area contributed by atoms with E-state index in [-0.39, 0.29) is 12.3 Å². The van der Waals surface area contributed by atoms with E-state index >= 15 is 0 Å². The highest BCUT2D eigenvalue weighted by Crippen LogP contribution is 2.24. The van der Waals surface area contributed by atoms with Gasteiger partial charge in [0.15, 0.2) is 5.58 Å². The predicted octanol–water partition coefficient (Wildman–Crippen LogP) is 3.33. The smallest absolute Gasteiger partial charge is 0.231 e. The Kier molecular flexibility index (Phi) is 3.63. The van der Waals surface area contributed by atoms with Crippen molar-refractivity contribution in [3.8, 4) is 0 Å². The number of benzene rings is 1. The van der Waals surface area contributed by atoms with Crippen LogP contribution in [-0.4, -0.2) is 16.0 Å². The second-order valence-corrected chi connectivity index (χ2v) is 5.53. The third-order valence-electron chi connectivity index (χ3n) is 3.50. The second kappa shape index (κ2) is 5.60. The first kappa shape index (κ1) is 14.3. The van der Waals surface area contributed by atoms with E-state index in [0.29, 0.717) is 17.1 Å². The summed E-state index contributed by atoms with van der Waals surface area (Å²) in [5.41, 5.74) is 4.59. The molecule has 3 aromatic rings. The molecule has 5 nitrogen and oxygen atoms in total. The van der Waals surface area contributed by atoms with Gasteiger partial charge < -0.3 is 9.84 Å². The van der Waals surface area contributed by atoms with Crippen molar-refractivity contribution in [1.29, 1.82) is 0 Å². The van der Waals surface area contributed by atoms with Crippen molar-refractivity contribution < 1.29 is 9.32 Å². The lowest BCUT2D eigenvalue weighted by atomic mass is 10.0. The van der Waals surface area contributed by atoms with Gasteiger partial charge in [-0.3, -0.25) is 4.79 Å². The van der Waals surface area contributed by atoms with Crippen LogP contribution >= 0.6 is 0 Å². The highest BCUT2D eigenvalue weighted by atomic mass is 16.5. The molecule has 2 heterocycles. The molecule has 0 spiro atoms. The zero-order valence-corrected chi connectivity index (χ0v) is 12.8. The molecule has 0 fully saturated rings. The number of nitrogens with zero attached hydrogens (tertiary/aromatic N) is 2. The van der Waals surface area contributed by atoms with Crippen LogP contribution in [-0.2, 0) is 11.2 Å². The highest BCUT2D eigenvalue weighted by molar-refractivity contribution is 5.94. The predicted molar refractivity (Wildman–Crippen MR) is 84.8 cm³/mol. The van der Waals surface area contributed by atoms with E-state index in [4.69, 9.17) is 4.52 Å². The summed E-state index contributed by atoms with van der Waals surface area (Å²) in [4.78, 5) is 16.3. The number of fused-ring (bicyclic) bond motifs is 1. The van der Waals surface area contributed by atoms with Crippen molar-refractivity contribution in [3.05, 3.63) is 52.8 Å². The molecule has 0 aliphatic carbocycles. The van der Waals surface area contributed by atoms with Crippen LogP contribution in [0.5, 0.6) is 0 Å². The minimum Gasteiger partial charge on any atom is -0.356 e. The van der Waals surface area contributed by atoms with Gasteiger partial charge in [-0.15, -0.1) is 0 Å². The van der Waals surface area contributed by atoms with Crippen LogP contribution in [0.4, 0.5) is 5.82 Å². The van der Waals surface area contributed by atoms with E-state index in [1.54, 1.807) is 6.20 Å². The second-order valence-electron chi connectivity index (χ2n) is 5.53. The molecular weight excluding hydrogens is 278 g/mol.